The monoisotopic (exact) mass is 248 g/mol. The quantitative estimate of drug-likeness (QED) is 0.819. The molecule has 1 aromatic heterocycles. The second-order valence-electron chi connectivity index (χ2n) is 4.20. The summed E-state index contributed by atoms with van der Waals surface area (Å²) in [7, 11) is 0. The van der Waals surface area contributed by atoms with Crippen LogP contribution in [0.15, 0.2) is 30.9 Å². The lowest BCUT2D eigenvalue weighted by Gasteiger charge is -2.19. The van der Waals surface area contributed by atoms with Gasteiger partial charge in [0.2, 0.25) is 0 Å². The molecule has 1 fully saturated rings. The Morgan fingerprint density at radius 1 is 1.06 bits per heavy atom. The standard InChI is InChI=1S/C12H13ClN4/c13-11-7-10(17-8-14-15-9-17)3-4-12(11)16-5-1-2-6-16/h3-4,7-9H,1-2,5-6H2. The molecule has 0 spiro atoms. The highest BCUT2D eigenvalue weighted by Crippen LogP contribution is 2.30. The van der Waals surface area contributed by atoms with Gasteiger partial charge in [-0.3, -0.25) is 4.57 Å². The molecule has 0 unspecified atom stereocenters. The molecule has 1 aliphatic heterocycles. The Morgan fingerprint density at radius 2 is 1.76 bits per heavy atom. The van der Waals surface area contributed by atoms with Crippen LogP contribution in [0, 0.1) is 0 Å². The highest BCUT2D eigenvalue weighted by Gasteiger charge is 2.15. The average molecular weight is 249 g/mol. The average Bonchev–Trinajstić information content (AvgIpc) is 3.02. The van der Waals surface area contributed by atoms with Gasteiger partial charge in [0.15, 0.2) is 0 Å². The van der Waals surface area contributed by atoms with Crippen molar-refractivity contribution >= 4 is 17.3 Å². The summed E-state index contributed by atoms with van der Waals surface area (Å²) in [6.45, 7) is 2.21. The molecule has 2 aromatic rings. The van der Waals surface area contributed by atoms with Crippen LogP contribution in [0.4, 0.5) is 5.69 Å². The zero-order valence-electron chi connectivity index (χ0n) is 9.38. The summed E-state index contributed by atoms with van der Waals surface area (Å²) in [6, 6.07) is 6.07. The zero-order chi connectivity index (χ0) is 11.7. The van der Waals surface area contributed by atoms with Crippen molar-refractivity contribution in [1.82, 2.24) is 14.8 Å². The normalized spacial score (nSPS) is 15.5. The number of aromatic nitrogens is 3. The van der Waals surface area contributed by atoms with E-state index in [0.717, 1.165) is 29.5 Å². The van der Waals surface area contributed by atoms with Gasteiger partial charge in [0.1, 0.15) is 12.7 Å². The molecular weight excluding hydrogens is 236 g/mol. The first-order chi connectivity index (χ1) is 8.34. The molecule has 0 saturated carbocycles. The first kappa shape index (κ1) is 10.6. The van der Waals surface area contributed by atoms with E-state index in [4.69, 9.17) is 11.6 Å². The molecule has 1 aliphatic rings. The van der Waals surface area contributed by atoms with Crippen molar-refractivity contribution in [2.75, 3.05) is 18.0 Å². The predicted molar refractivity (Wildman–Crippen MR) is 67.8 cm³/mol. The molecule has 1 saturated heterocycles. The van der Waals surface area contributed by atoms with Crippen LogP contribution < -0.4 is 4.90 Å². The van der Waals surface area contributed by atoms with Crippen LogP contribution in [0.3, 0.4) is 0 Å². The molecule has 3 rings (SSSR count). The van der Waals surface area contributed by atoms with E-state index in [-0.39, 0.29) is 0 Å². The fourth-order valence-corrected chi connectivity index (χ4v) is 2.50. The molecule has 5 heteroatoms. The van der Waals surface area contributed by atoms with E-state index in [1.54, 1.807) is 12.7 Å². The second kappa shape index (κ2) is 4.37. The van der Waals surface area contributed by atoms with Crippen LogP contribution in [0.25, 0.3) is 5.69 Å². The molecule has 0 bridgehead atoms. The molecule has 17 heavy (non-hydrogen) atoms. The molecule has 0 atom stereocenters. The molecule has 88 valence electrons. The van der Waals surface area contributed by atoms with E-state index in [9.17, 15) is 0 Å². The van der Waals surface area contributed by atoms with Gasteiger partial charge in [0.05, 0.1) is 10.7 Å². The second-order valence-corrected chi connectivity index (χ2v) is 4.61. The zero-order valence-corrected chi connectivity index (χ0v) is 10.1. The summed E-state index contributed by atoms with van der Waals surface area (Å²) in [5, 5.41) is 8.37. The maximum absolute atomic E-state index is 6.33. The Balaban J connectivity index is 1.94. The predicted octanol–water partition coefficient (Wildman–Crippen LogP) is 2.52. The van der Waals surface area contributed by atoms with Crippen molar-refractivity contribution < 1.29 is 0 Å². The van der Waals surface area contributed by atoms with E-state index >= 15 is 0 Å². The van der Waals surface area contributed by atoms with Crippen LogP contribution in [0.2, 0.25) is 5.02 Å². The third kappa shape index (κ3) is 2.00. The third-order valence-electron chi connectivity index (χ3n) is 3.09. The van der Waals surface area contributed by atoms with Crippen LogP contribution >= 0.6 is 11.6 Å². The number of hydrogen-bond acceptors (Lipinski definition) is 3. The maximum Gasteiger partial charge on any atom is 0.123 e. The van der Waals surface area contributed by atoms with Crippen LogP contribution in [-0.4, -0.2) is 27.9 Å². The van der Waals surface area contributed by atoms with E-state index in [1.165, 1.54) is 12.8 Å². The Hall–Kier alpha value is -1.55. The fourth-order valence-electron chi connectivity index (χ4n) is 2.20. The van der Waals surface area contributed by atoms with Crippen molar-refractivity contribution in [3.8, 4) is 5.69 Å². The van der Waals surface area contributed by atoms with E-state index < -0.39 is 0 Å². The molecule has 1 aromatic carbocycles. The van der Waals surface area contributed by atoms with Crippen LogP contribution in [0.1, 0.15) is 12.8 Å². The fraction of sp³-hybridized carbons (Fsp3) is 0.333. The Kier molecular flexibility index (Phi) is 2.73. The third-order valence-corrected chi connectivity index (χ3v) is 3.40. The van der Waals surface area contributed by atoms with Gasteiger partial charge in [-0.05, 0) is 31.0 Å². The van der Waals surface area contributed by atoms with Gasteiger partial charge in [0.25, 0.3) is 0 Å². The van der Waals surface area contributed by atoms with Crippen molar-refractivity contribution in [2.24, 2.45) is 0 Å². The summed E-state index contributed by atoms with van der Waals surface area (Å²) in [6.07, 6.45) is 5.84. The Bertz CT molecular complexity index is 503. The lowest BCUT2D eigenvalue weighted by atomic mass is 10.2. The molecule has 0 N–H and O–H groups in total. The van der Waals surface area contributed by atoms with Gasteiger partial charge >= 0.3 is 0 Å². The Labute approximate surface area is 105 Å². The molecule has 0 radical (unpaired) electrons. The lowest BCUT2D eigenvalue weighted by Crippen LogP contribution is -2.17. The number of benzene rings is 1. The van der Waals surface area contributed by atoms with E-state index in [0.29, 0.717) is 0 Å². The van der Waals surface area contributed by atoms with Crippen LogP contribution in [-0.2, 0) is 0 Å². The summed E-state index contributed by atoms with van der Waals surface area (Å²) < 4.78 is 1.85. The topological polar surface area (TPSA) is 34.0 Å². The van der Waals surface area contributed by atoms with E-state index in [1.807, 2.05) is 16.7 Å². The summed E-state index contributed by atoms with van der Waals surface area (Å²) in [5.41, 5.74) is 2.11. The Morgan fingerprint density at radius 3 is 2.41 bits per heavy atom. The number of nitrogens with zero attached hydrogens (tertiary/aromatic N) is 4. The van der Waals surface area contributed by atoms with Crippen LogP contribution in [0.5, 0.6) is 0 Å². The van der Waals surface area contributed by atoms with Gasteiger partial charge in [-0.25, -0.2) is 0 Å². The first-order valence-electron chi connectivity index (χ1n) is 5.74. The molecular formula is C12H13ClN4. The first-order valence-corrected chi connectivity index (χ1v) is 6.12. The number of anilines is 1. The minimum Gasteiger partial charge on any atom is -0.370 e. The van der Waals surface area contributed by atoms with Crippen molar-refractivity contribution in [1.29, 1.82) is 0 Å². The maximum atomic E-state index is 6.33. The molecule has 4 nitrogen and oxygen atoms in total. The van der Waals surface area contributed by atoms with Gasteiger partial charge in [-0.15, -0.1) is 10.2 Å². The highest BCUT2D eigenvalue weighted by molar-refractivity contribution is 6.33. The van der Waals surface area contributed by atoms with E-state index in [2.05, 4.69) is 21.2 Å². The van der Waals surface area contributed by atoms with Crippen molar-refractivity contribution in [3.05, 3.63) is 35.9 Å². The van der Waals surface area contributed by atoms with Gasteiger partial charge < -0.3 is 4.90 Å². The minimum absolute atomic E-state index is 0.790. The smallest absolute Gasteiger partial charge is 0.123 e. The van der Waals surface area contributed by atoms with Gasteiger partial charge in [0, 0.05) is 18.8 Å². The SMILES string of the molecule is Clc1cc(-n2cnnc2)ccc1N1CCCC1. The summed E-state index contributed by atoms with van der Waals surface area (Å²) in [5.74, 6) is 0. The molecule has 0 amide bonds. The van der Waals surface area contributed by atoms with Crippen molar-refractivity contribution in [3.63, 3.8) is 0 Å². The van der Waals surface area contributed by atoms with Gasteiger partial charge in [-0.2, -0.15) is 0 Å². The molecule has 0 aliphatic carbocycles. The number of rotatable bonds is 2. The highest BCUT2D eigenvalue weighted by atomic mass is 35.5. The number of halogens is 1. The summed E-state index contributed by atoms with van der Waals surface area (Å²) >= 11 is 6.33. The minimum atomic E-state index is 0.790. The lowest BCUT2D eigenvalue weighted by molar-refractivity contribution is 0.949. The number of hydrogen-bond donors (Lipinski definition) is 0. The molecule has 2 heterocycles. The van der Waals surface area contributed by atoms with Gasteiger partial charge in [-0.1, -0.05) is 11.6 Å². The summed E-state index contributed by atoms with van der Waals surface area (Å²) in [4.78, 5) is 2.33. The van der Waals surface area contributed by atoms with Crippen molar-refractivity contribution in [2.45, 2.75) is 12.8 Å². The largest absolute Gasteiger partial charge is 0.370 e.